The van der Waals surface area contributed by atoms with Gasteiger partial charge in [0.1, 0.15) is 5.82 Å². The van der Waals surface area contributed by atoms with Crippen LogP contribution in [0.25, 0.3) is 5.65 Å². The highest BCUT2D eigenvalue weighted by atomic mass is 16.3. The molecule has 1 aliphatic carbocycles. The minimum atomic E-state index is -0.0860. The van der Waals surface area contributed by atoms with Crippen LogP contribution in [0.2, 0.25) is 0 Å². The summed E-state index contributed by atoms with van der Waals surface area (Å²) < 4.78 is 1.73. The summed E-state index contributed by atoms with van der Waals surface area (Å²) in [5, 5.41) is 16.5. The van der Waals surface area contributed by atoms with Crippen LogP contribution in [0.4, 0.5) is 5.82 Å². The van der Waals surface area contributed by atoms with Crippen molar-refractivity contribution in [1.82, 2.24) is 14.6 Å². The zero-order chi connectivity index (χ0) is 11.0. The summed E-state index contributed by atoms with van der Waals surface area (Å²) >= 11 is 0. The lowest BCUT2D eigenvalue weighted by Crippen LogP contribution is -2.33. The lowest BCUT2D eigenvalue weighted by atomic mass is 9.82. The maximum absolute atomic E-state index is 9.17. The number of fused-ring (bicyclic) bond motifs is 1. The number of aromatic nitrogens is 3. The molecular formula is C11H14N4O. The fourth-order valence-electron chi connectivity index (χ4n) is 2.03. The van der Waals surface area contributed by atoms with Crippen LogP contribution in [0.1, 0.15) is 12.8 Å². The van der Waals surface area contributed by atoms with Crippen LogP contribution in [0.3, 0.4) is 0 Å². The number of aliphatic hydroxyl groups is 1. The van der Waals surface area contributed by atoms with Gasteiger partial charge in [-0.25, -0.2) is 9.50 Å². The third-order valence-corrected chi connectivity index (χ3v) is 3.04. The second-order valence-corrected chi connectivity index (χ2v) is 4.32. The molecule has 2 aromatic heterocycles. The quantitative estimate of drug-likeness (QED) is 0.804. The summed E-state index contributed by atoms with van der Waals surface area (Å²) in [6.45, 7) is 0.883. The van der Waals surface area contributed by atoms with E-state index < -0.39 is 0 Å². The van der Waals surface area contributed by atoms with Crippen LogP contribution in [0, 0.1) is 5.92 Å². The van der Waals surface area contributed by atoms with E-state index in [1.54, 1.807) is 10.7 Å². The zero-order valence-corrected chi connectivity index (χ0v) is 8.87. The SMILES string of the molecule is OC1CC(CNc2ccn3nccc3n2)C1. The zero-order valence-electron chi connectivity index (χ0n) is 8.87. The Bertz CT molecular complexity index is 489. The van der Waals surface area contributed by atoms with E-state index in [0.29, 0.717) is 5.92 Å². The van der Waals surface area contributed by atoms with Gasteiger partial charge in [-0.3, -0.25) is 0 Å². The van der Waals surface area contributed by atoms with Gasteiger partial charge >= 0.3 is 0 Å². The van der Waals surface area contributed by atoms with Crippen molar-refractivity contribution in [2.45, 2.75) is 18.9 Å². The third-order valence-electron chi connectivity index (χ3n) is 3.04. The molecule has 16 heavy (non-hydrogen) atoms. The molecule has 1 fully saturated rings. The fraction of sp³-hybridized carbons (Fsp3) is 0.455. The molecule has 0 unspecified atom stereocenters. The Labute approximate surface area is 93.1 Å². The van der Waals surface area contributed by atoms with Crippen molar-refractivity contribution in [1.29, 1.82) is 0 Å². The second kappa shape index (κ2) is 3.75. The van der Waals surface area contributed by atoms with Gasteiger partial charge in [-0.15, -0.1) is 0 Å². The lowest BCUT2D eigenvalue weighted by molar-refractivity contribution is 0.0486. The molecule has 0 atom stereocenters. The van der Waals surface area contributed by atoms with Gasteiger partial charge in [0, 0.05) is 18.8 Å². The molecule has 0 spiro atoms. The van der Waals surface area contributed by atoms with E-state index in [0.717, 1.165) is 30.9 Å². The Kier molecular flexibility index (Phi) is 2.25. The second-order valence-electron chi connectivity index (χ2n) is 4.32. The first-order valence-electron chi connectivity index (χ1n) is 5.53. The van der Waals surface area contributed by atoms with Crippen LogP contribution in [0.5, 0.6) is 0 Å². The molecule has 0 saturated heterocycles. The normalized spacial score (nSPS) is 24.3. The van der Waals surface area contributed by atoms with Crippen LogP contribution < -0.4 is 5.32 Å². The molecule has 1 aliphatic rings. The standard InChI is InChI=1S/C11H14N4O/c16-9-5-8(6-9)7-12-10-2-4-15-11(14-10)1-3-13-15/h1-4,8-9,16H,5-7H2,(H,12,14). The molecule has 0 aromatic carbocycles. The molecule has 1 saturated carbocycles. The van der Waals surface area contributed by atoms with Gasteiger partial charge in [0.2, 0.25) is 0 Å². The fourth-order valence-corrected chi connectivity index (χ4v) is 2.03. The van der Waals surface area contributed by atoms with Gasteiger partial charge in [-0.1, -0.05) is 0 Å². The number of hydrogen-bond acceptors (Lipinski definition) is 4. The van der Waals surface area contributed by atoms with Crippen LogP contribution in [0.15, 0.2) is 24.5 Å². The van der Waals surface area contributed by atoms with E-state index >= 15 is 0 Å². The molecule has 0 aliphatic heterocycles. The summed E-state index contributed by atoms with van der Waals surface area (Å²) in [5.41, 5.74) is 0.846. The number of hydrogen-bond donors (Lipinski definition) is 2. The Morgan fingerprint density at radius 2 is 2.31 bits per heavy atom. The molecule has 5 heteroatoms. The molecule has 84 valence electrons. The first kappa shape index (κ1) is 9.59. The molecular weight excluding hydrogens is 204 g/mol. The largest absolute Gasteiger partial charge is 0.393 e. The lowest BCUT2D eigenvalue weighted by Gasteiger charge is -2.31. The Morgan fingerprint density at radius 1 is 1.44 bits per heavy atom. The summed E-state index contributed by atoms with van der Waals surface area (Å²) in [4.78, 5) is 4.41. The van der Waals surface area contributed by atoms with Crippen molar-refractivity contribution in [2.75, 3.05) is 11.9 Å². The van der Waals surface area contributed by atoms with Crippen molar-refractivity contribution in [3.63, 3.8) is 0 Å². The van der Waals surface area contributed by atoms with E-state index in [-0.39, 0.29) is 6.10 Å². The minimum Gasteiger partial charge on any atom is -0.393 e. The predicted octanol–water partition coefficient (Wildman–Crippen LogP) is 0.912. The van der Waals surface area contributed by atoms with Gasteiger partial charge in [0.15, 0.2) is 5.65 Å². The van der Waals surface area contributed by atoms with E-state index in [9.17, 15) is 5.11 Å². The van der Waals surface area contributed by atoms with E-state index in [1.165, 1.54) is 0 Å². The summed E-state index contributed by atoms with van der Waals surface area (Å²) in [7, 11) is 0. The van der Waals surface area contributed by atoms with Crippen molar-refractivity contribution < 1.29 is 5.11 Å². The van der Waals surface area contributed by atoms with Crippen molar-refractivity contribution in [3.8, 4) is 0 Å². The Hall–Kier alpha value is -1.62. The first-order chi connectivity index (χ1) is 7.81. The number of nitrogens with one attached hydrogen (secondary N) is 1. The van der Waals surface area contributed by atoms with E-state index in [2.05, 4.69) is 15.4 Å². The molecule has 0 amide bonds. The maximum atomic E-state index is 9.17. The predicted molar refractivity (Wildman–Crippen MR) is 60.2 cm³/mol. The van der Waals surface area contributed by atoms with Gasteiger partial charge < -0.3 is 10.4 Å². The molecule has 3 rings (SSSR count). The highest BCUT2D eigenvalue weighted by Crippen LogP contribution is 2.27. The highest BCUT2D eigenvalue weighted by molar-refractivity contribution is 5.45. The highest BCUT2D eigenvalue weighted by Gasteiger charge is 2.26. The third kappa shape index (κ3) is 1.74. The van der Waals surface area contributed by atoms with Crippen LogP contribution >= 0.6 is 0 Å². The van der Waals surface area contributed by atoms with Gasteiger partial charge in [0.05, 0.1) is 12.3 Å². The van der Waals surface area contributed by atoms with E-state index in [4.69, 9.17) is 0 Å². The monoisotopic (exact) mass is 218 g/mol. The molecule has 2 aromatic rings. The van der Waals surface area contributed by atoms with Crippen molar-refractivity contribution in [3.05, 3.63) is 24.5 Å². The Morgan fingerprint density at radius 3 is 3.12 bits per heavy atom. The first-order valence-corrected chi connectivity index (χ1v) is 5.53. The van der Waals surface area contributed by atoms with Gasteiger partial charge in [-0.2, -0.15) is 5.10 Å². The average Bonchev–Trinajstić information content (AvgIpc) is 2.69. The molecule has 0 bridgehead atoms. The number of anilines is 1. The summed E-state index contributed by atoms with van der Waals surface area (Å²) in [6.07, 6.45) is 5.34. The molecule has 0 radical (unpaired) electrons. The van der Waals surface area contributed by atoms with Crippen molar-refractivity contribution >= 4 is 11.5 Å². The average molecular weight is 218 g/mol. The molecule has 5 nitrogen and oxygen atoms in total. The summed E-state index contributed by atoms with van der Waals surface area (Å²) in [5.74, 6) is 1.45. The van der Waals surface area contributed by atoms with Crippen LogP contribution in [-0.4, -0.2) is 32.4 Å². The van der Waals surface area contributed by atoms with E-state index in [1.807, 2.05) is 18.3 Å². The van der Waals surface area contributed by atoms with Crippen LogP contribution in [-0.2, 0) is 0 Å². The smallest absolute Gasteiger partial charge is 0.157 e. The number of nitrogens with zero attached hydrogens (tertiary/aromatic N) is 3. The number of rotatable bonds is 3. The molecule has 2 N–H and O–H groups in total. The Balaban J connectivity index is 1.65. The maximum Gasteiger partial charge on any atom is 0.157 e. The molecule has 2 heterocycles. The van der Waals surface area contributed by atoms with Gasteiger partial charge in [-0.05, 0) is 24.8 Å². The number of aliphatic hydroxyl groups excluding tert-OH is 1. The van der Waals surface area contributed by atoms with Gasteiger partial charge in [0.25, 0.3) is 0 Å². The summed E-state index contributed by atoms with van der Waals surface area (Å²) in [6, 6.07) is 3.79. The minimum absolute atomic E-state index is 0.0860. The van der Waals surface area contributed by atoms with Crippen molar-refractivity contribution in [2.24, 2.45) is 5.92 Å². The topological polar surface area (TPSA) is 62.5 Å².